The van der Waals surface area contributed by atoms with Crippen LogP contribution < -0.4 is 5.32 Å². The van der Waals surface area contributed by atoms with Crippen molar-refractivity contribution < 1.29 is 9.18 Å². The average Bonchev–Trinajstić information content (AvgIpc) is 3.54. The molecule has 2 aromatic carbocycles. The van der Waals surface area contributed by atoms with Gasteiger partial charge < -0.3 is 5.32 Å². The molecule has 7 heteroatoms. The Bertz CT molecular complexity index is 1480. The minimum atomic E-state index is -0.297. The van der Waals surface area contributed by atoms with E-state index in [4.69, 9.17) is 4.98 Å². The van der Waals surface area contributed by atoms with E-state index in [-0.39, 0.29) is 17.8 Å². The van der Waals surface area contributed by atoms with E-state index in [9.17, 15) is 9.18 Å². The molecule has 3 aromatic heterocycles. The van der Waals surface area contributed by atoms with Gasteiger partial charge >= 0.3 is 0 Å². The van der Waals surface area contributed by atoms with Gasteiger partial charge in [-0.1, -0.05) is 37.6 Å². The minimum absolute atomic E-state index is 0.0363. The summed E-state index contributed by atoms with van der Waals surface area (Å²) in [4.78, 5) is 19.6. The number of carbonyl (C=O) groups is 1. The Morgan fingerprint density at radius 1 is 1.11 bits per heavy atom. The Kier molecular flexibility index (Phi) is 6.42. The van der Waals surface area contributed by atoms with Gasteiger partial charge in [0, 0.05) is 15.8 Å². The summed E-state index contributed by atoms with van der Waals surface area (Å²) in [5.74, 6) is -0.421. The largest absolute Gasteiger partial charge is 0.344 e. The molecule has 0 aliphatic heterocycles. The minimum Gasteiger partial charge on any atom is -0.344 e. The van der Waals surface area contributed by atoms with Gasteiger partial charge in [0.05, 0.1) is 40.4 Å². The van der Waals surface area contributed by atoms with E-state index in [0.29, 0.717) is 11.3 Å². The average molecular weight is 485 g/mol. The number of amides is 1. The molecule has 0 saturated heterocycles. The number of halogens is 1. The third-order valence-electron chi connectivity index (χ3n) is 6.09. The van der Waals surface area contributed by atoms with Crippen molar-refractivity contribution in [1.29, 1.82) is 0 Å². The topological polar surface area (TPSA) is 59.8 Å². The number of nitrogens with zero attached hydrogens (tertiary/aromatic N) is 3. The molecule has 3 heterocycles. The highest BCUT2D eigenvalue weighted by atomic mass is 32.1. The number of nitrogens with one attached hydrogen (secondary N) is 1. The first-order valence-corrected chi connectivity index (χ1v) is 12.5. The number of aromatic nitrogens is 3. The van der Waals surface area contributed by atoms with E-state index >= 15 is 0 Å². The number of pyridine rings is 1. The van der Waals surface area contributed by atoms with Crippen molar-refractivity contribution in [3.8, 4) is 16.9 Å². The molecule has 5 rings (SSSR count). The fraction of sp³-hybridized carbons (Fsp3) is 0.179. The Morgan fingerprint density at radius 2 is 1.91 bits per heavy atom. The maximum atomic E-state index is 13.6. The first kappa shape index (κ1) is 22.9. The maximum Gasteiger partial charge on any atom is 0.252 e. The zero-order chi connectivity index (χ0) is 24.4. The predicted octanol–water partition coefficient (Wildman–Crippen LogP) is 6.87. The Hall–Kier alpha value is -3.84. The van der Waals surface area contributed by atoms with Crippen LogP contribution in [0.1, 0.15) is 46.7 Å². The smallest absolute Gasteiger partial charge is 0.252 e. The van der Waals surface area contributed by atoms with Crippen LogP contribution in [0, 0.1) is 12.7 Å². The number of hydrogen-bond acceptors (Lipinski definition) is 4. The fourth-order valence-electron chi connectivity index (χ4n) is 4.30. The van der Waals surface area contributed by atoms with Crippen LogP contribution in [0.25, 0.3) is 27.8 Å². The second-order valence-corrected chi connectivity index (χ2v) is 9.41. The van der Waals surface area contributed by atoms with E-state index in [2.05, 4.69) is 23.4 Å². The summed E-state index contributed by atoms with van der Waals surface area (Å²) >= 11 is 1.65. The van der Waals surface area contributed by atoms with E-state index in [1.807, 2.05) is 48.7 Å². The Morgan fingerprint density at radius 3 is 2.66 bits per heavy atom. The summed E-state index contributed by atoms with van der Waals surface area (Å²) in [5, 5.41) is 10.6. The number of para-hydroxylation sites is 1. The zero-order valence-corrected chi connectivity index (χ0v) is 20.3. The second kappa shape index (κ2) is 9.80. The van der Waals surface area contributed by atoms with Crippen LogP contribution in [0.15, 0.2) is 78.3 Å². The van der Waals surface area contributed by atoms with Gasteiger partial charge in [0.2, 0.25) is 0 Å². The molecule has 1 N–H and O–H groups in total. The van der Waals surface area contributed by atoms with Gasteiger partial charge in [-0.15, -0.1) is 11.3 Å². The summed E-state index contributed by atoms with van der Waals surface area (Å²) in [6.45, 7) is 4.06. The van der Waals surface area contributed by atoms with Crippen molar-refractivity contribution in [2.45, 2.75) is 32.7 Å². The van der Waals surface area contributed by atoms with Crippen LogP contribution in [0.3, 0.4) is 0 Å². The van der Waals surface area contributed by atoms with Crippen LogP contribution in [0.5, 0.6) is 0 Å². The molecule has 1 amide bonds. The molecular weight excluding hydrogens is 459 g/mol. The van der Waals surface area contributed by atoms with E-state index < -0.39 is 0 Å². The van der Waals surface area contributed by atoms with Crippen molar-refractivity contribution in [2.24, 2.45) is 0 Å². The SMILES string of the molecule is CCCC(NC(=O)c1cc(-c2cnn(-c3ccc(F)cc3)c2C)nc2ccccc12)c1cccs1. The van der Waals surface area contributed by atoms with Crippen LogP contribution in [0.4, 0.5) is 4.39 Å². The fourth-order valence-corrected chi connectivity index (χ4v) is 5.12. The molecule has 0 spiro atoms. The lowest BCUT2D eigenvalue weighted by Gasteiger charge is -2.18. The van der Waals surface area contributed by atoms with E-state index in [1.165, 1.54) is 12.1 Å². The molecule has 1 unspecified atom stereocenters. The third-order valence-corrected chi connectivity index (χ3v) is 7.07. The summed E-state index contributed by atoms with van der Waals surface area (Å²) in [6, 6.07) is 19.7. The molecule has 0 aliphatic carbocycles. The summed E-state index contributed by atoms with van der Waals surface area (Å²) < 4.78 is 15.1. The van der Waals surface area contributed by atoms with Crippen LogP contribution >= 0.6 is 11.3 Å². The monoisotopic (exact) mass is 484 g/mol. The van der Waals surface area contributed by atoms with Gasteiger partial charge in [0.15, 0.2) is 0 Å². The predicted molar refractivity (Wildman–Crippen MR) is 138 cm³/mol. The van der Waals surface area contributed by atoms with E-state index in [0.717, 1.165) is 45.6 Å². The van der Waals surface area contributed by atoms with Crippen LogP contribution in [-0.4, -0.2) is 20.7 Å². The highest BCUT2D eigenvalue weighted by Gasteiger charge is 2.20. The quantitative estimate of drug-likeness (QED) is 0.274. The number of carbonyl (C=O) groups excluding carboxylic acids is 1. The molecule has 0 fully saturated rings. The molecule has 0 radical (unpaired) electrons. The number of benzene rings is 2. The summed E-state index contributed by atoms with van der Waals surface area (Å²) in [6.07, 6.45) is 3.57. The molecule has 176 valence electrons. The second-order valence-electron chi connectivity index (χ2n) is 8.43. The van der Waals surface area contributed by atoms with Crippen LogP contribution in [0.2, 0.25) is 0 Å². The summed E-state index contributed by atoms with van der Waals surface area (Å²) in [7, 11) is 0. The molecule has 0 bridgehead atoms. The number of fused-ring (bicyclic) bond motifs is 1. The molecule has 1 atom stereocenters. The standard InChI is InChI=1S/C28H25FN4OS/c1-3-7-25(27-10-6-15-35-27)32-28(34)22-16-26(31-24-9-5-4-8-21(22)24)23-17-30-33(18(23)2)20-13-11-19(29)12-14-20/h4-6,8-17,25H,3,7H2,1-2H3,(H,32,34). The van der Waals surface area contributed by atoms with Gasteiger partial charge in [-0.25, -0.2) is 14.1 Å². The molecule has 0 saturated carbocycles. The maximum absolute atomic E-state index is 13.6. The number of rotatable bonds is 7. The lowest BCUT2D eigenvalue weighted by Crippen LogP contribution is -2.28. The highest BCUT2D eigenvalue weighted by Crippen LogP contribution is 2.29. The number of thiophene rings is 1. The Labute approximate surface area is 207 Å². The lowest BCUT2D eigenvalue weighted by atomic mass is 10.0. The first-order valence-electron chi connectivity index (χ1n) is 11.6. The molecule has 35 heavy (non-hydrogen) atoms. The van der Waals surface area contributed by atoms with Crippen molar-refractivity contribution in [3.63, 3.8) is 0 Å². The normalized spacial score (nSPS) is 12.1. The highest BCUT2D eigenvalue weighted by molar-refractivity contribution is 7.10. The van der Waals surface area contributed by atoms with Gasteiger partial charge in [-0.3, -0.25) is 4.79 Å². The molecule has 0 aliphatic rings. The van der Waals surface area contributed by atoms with Crippen molar-refractivity contribution in [1.82, 2.24) is 20.1 Å². The zero-order valence-electron chi connectivity index (χ0n) is 19.5. The van der Waals surface area contributed by atoms with Crippen molar-refractivity contribution in [2.75, 3.05) is 0 Å². The first-order chi connectivity index (χ1) is 17.0. The van der Waals surface area contributed by atoms with Crippen molar-refractivity contribution in [3.05, 3.63) is 100 Å². The van der Waals surface area contributed by atoms with Crippen molar-refractivity contribution >= 4 is 28.1 Å². The molecular formula is C28H25FN4OS. The summed E-state index contributed by atoms with van der Waals surface area (Å²) in [5.41, 5.74) is 4.42. The molecule has 5 aromatic rings. The van der Waals surface area contributed by atoms with Crippen LogP contribution in [-0.2, 0) is 0 Å². The van der Waals surface area contributed by atoms with E-state index in [1.54, 1.807) is 34.3 Å². The lowest BCUT2D eigenvalue weighted by molar-refractivity contribution is 0.0937. The van der Waals surface area contributed by atoms with Gasteiger partial charge in [0.1, 0.15) is 5.82 Å². The van der Waals surface area contributed by atoms with Gasteiger partial charge in [-0.2, -0.15) is 5.10 Å². The molecule has 5 nitrogen and oxygen atoms in total. The third kappa shape index (κ3) is 4.59. The number of hydrogen-bond donors (Lipinski definition) is 1. The van der Waals surface area contributed by atoms with Gasteiger partial charge in [0.25, 0.3) is 5.91 Å². The Balaban J connectivity index is 1.56. The van der Waals surface area contributed by atoms with Gasteiger partial charge in [-0.05, 0) is 61.2 Å².